The first-order chi connectivity index (χ1) is 10.3. The van der Waals surface area contributed by atoms with Crippen molar-refractivity contribution < 1.29 is 4.79 Å². The number of amides is 1. The Morgan fingerprint density at radius 2 is 2.10 bits per heavy atom. The van der Waals surface area contributed by atoms with E-state index >= 15 is 0 Å². The molecule has 0 saturated carbocycles. The van der Waals surface area contributed by atoms with Gasteiger partial charge in [-0.2, -0.15) is 0 Å². The third kappa shape index (κ3) is 3.45. The van der Waals surface area contributed by atoms with Crippen LogP contribution in [0.2, 0.25) is 0 Å². The summed E-state index contributed by atoms with van der Waals surface area (Å²) in [7, 11) is 0. The largest absolute Gasteiger partial charge is 0.342 e. The summed E-state index contributed by atoms with van der Waals surface area (Å²) in [5.74, 6) is 0.543. The predicted octanol–water partition coefficient (Wildman–Crippen LogP) is 2.43. The molecule has 1 amide bonds. The zero-order chi connectivity index (χ0) is 14.5. The molecular formula is C17H19N3O. The van der Waals surface area contributed by atoms with Crippen LogP contribution in [0.25, 0.3) is 0 Å². The molecule has 21 heavy (non-hydrogen) atoms. The maximum absolute atomic E-state index is 12.4. The highest BCUT2D eigenvalue weighted by Gasteiger charge is 2.25. The molecule has 4 nitrogen and oxygen atoms in total. The Morgan fingerprint density at radius 1 is 1.24 bits per heavy atom. The van der Waals surface area contributed by atoms with Crippen molar-refractivity contribution in [3.63, 3.8) is 0 Å². The molecule has 0 aliphatic carbocycles. The van der Waals surface area contributed by atoms with Crippen LogP contribution in [0.3, 0.4) is 0 Å². The lowest BCUT2D eigenvalue weighted by molar-refractivity contribution is -0.131. The van der Waals surface area contributed by atoms with Crippen LogP contribution in [-0.2, 0) is 11.2 Å². The molecule has 1 fully saturated rings. The molecule has 1 aliphatic rings. The van der Waals surface area contributed by atoms with E-state index < -0.39 is 0 Å². The fourth-order valence-electron chi connectivity index (χ4n) is 2.87. The van der Waals surface area contributed by atoms with E-state index in [4.69, 9.17) is 0 Å². The average Bonchev–Trinajstić information content (AvgIpc) is 2.57. The molecule has 0 radical (unpaired) electrons. The Balaban J connectivity index is 1.64. The highest BCUT2D eigenvalue weighted by molar-refractivity contribution is 5.78. The number of benzene rings is 1. The molecule has 0 N–H and O–H groups in total. The number of aromatic nitrogens is 2. The zero-order valence-corrected chi connectivity index (χ0v) is 12.0. The monoisotopic (exact) mass is 281 g/mol. The first-order valence-electron chi connectivity index (χ1n) is 7.40. The summed E-state index contributed by atoms with van der Waals surface area (Å²) in [5, 5.41) is 0. The second-order valence-electron chi connectivity index (χ2n) is 5.48. The van der Waals surface area contributed by atoms with Crippen molar-refractivity contribution >= 4 is 5.91 Å². The number of carbonyl (C=O) groups excluding carboxylic acids is 1. The third-order valence-electron chi connectivity index (χ3n) is 4.00. The molecule has 1 saturated heterocycles. The minimum atomic E-state index is 0.208. The van der Waals surface area contributed by atoms with Gasteiger partial charge in [0.2, 0.25) is 5.91 Å². The summed E-state index contributed by atoms with van der Waals surface area (Å²) >= 11 is 0. The number of carbonyl (C=O) groups is 1. The summed E-state index contributed by atoms with van der Waals surface area (Å²) in [6.45, 7) is 1.62. The topological polar surface area (TPSA) is 46.1 Å². The van der Waals surface area contributed by atoms with Gasteiger partial charge in [0.1, 0.15) is 6.33 Å². The molecule has 1 aromatic heterocycles. The standard InChI is InChI=1S/C17H19N3O/c21-17(11-14-5-2-1-3-6-14)20-10-4-7-15(12-20)16-8-9-18-13-19-16/h1-3,5-6,8-9,13,15H,4,7,10-12H2. The Hall–Kier alpha value is -2.23. The quantitative estimate of drug-likeness (QED) is 0.868. The Morgan fingerprint density at radius 3 is 2.86 bits per heavy atom. The van der Waals surface area contributed by atoms with E-state index in [1.54, 1.807) is 12.5 Å². The van der Waals surface area contributed by atoms with Crippen LogP contribution in [0.15, 0.2) is 48.9 Å². The lowest BCUT2D eigenvalue weighted by Gasteiger charge is -2.32. The van der Waals surface area contributed by atoms with Crippen LogP contribution >= 0.6 is 0 Å². The van der Waals surface area contributed by atoms with Crippen LogP contribution in [0.1, 0.15) is 30.0 Å². The maximum atomic E-state index is 12.4. The number of hydrogen-bond acceptors (Lipinski definition) is 3. The van der Waals surface area contributed by atoms with E-state index in [0.717, 1.165) is 37.2 Å². The number of piperidine rings is 1. The van der Waals surface area contributed by atoms with E-state index in [1.807, 2.05) is 41.3 Å². The van der Waals surface area contributed by atoms with Gasteiger partial charge in [-0.15, -0.1) is 0 Å². The van der Waals surface area contributed by atoms with Gasteiger partial charge in [-0.3, -0.25) is 4.79 Å². The fraction of sp³-hybridized carbons (Fsp3) is 0.353. The van der Waals surface area contributed by atoms with Crippen molar-refractivity contribution in [3.8, 4) is 0 Å². The van der Waals surface area contributed by atoms with Crippen LogP contribution in [0.4, 0.5) is 0 Å². The average molecular weight is 281 g/mol. The smallest absolute Gasteiger partial charge is 0.227 e. The fourth-order valence-corrected chi connectivity index (χ4v) is 2.87. The normalized spacial score (nSPS) is 18.5. The van der Waals surface area contributed by atoms with Gasteiger partial charge < -0.3 is 4.90 Å². The van der Waals surface area contributed by atoms with Gasteiger partial charge in [0.05, 0.1) is 6.42 Å². The van der Waals surface area contributed by atoms with Crippen molar-refractivity contribution in [2.24, 2.45) is 0 Å². The highest BCUT2D eigenvalue weighted by atomic mass is 16.2. The SMILES string of the molecule is O=C(Cc1ccccc1)N1CCCC(c2ccncn2)C1. The minimum absolute atomic E-state index is 0.208. The lowest BCUT2D eigenvalue weighted by atomic mass is 9.94. The zero-order valence-electron chi connectivity index (χ0n) is 12.0. The van der Waals surface area contributed by atoms with Gasteiger partial charge in [-0.25, -0.2) is 9.97 Å². The summed E-state index contributed by atoms with van der Waals surface area (Å²) in [4.78, 5) is 22.7. The molecular weight excluding hydrogens is 262 g/mol. The van der Waals surface area contributed by atoms with Crippen LogP contribution < -0.4 is 0 Å². The van der Waals surface area contributed by atoms with Gasteiger partial charge in [0, 0.05) is 30.9 Å². The summed E-state index contributed by atoms with van der Waals surface area (Å²) < 4.78 is 0. The number of hydrogen-bond donors (Lipinski definition) is 0. The van der Waals surface area contributed by atoms with E-state index in [-0.39, 0.29) is 5.91 Å². The van der Waals surface area contributed by atoms with Crippen LogP contribution in [0, 0.1) is 0 Å². The van der Waals surface area contributed by atoms with E-state index in [9.17, 15) is 4.79 Å². The molecule has 1 aliphatic heterocycles. The Kier molecular flexibility index (Phi) is 4.24. The summed E-state index contributed by atoms with van der Waals surface area (Å²) in [6, 6.07) is 11.9. The van der Waals surface area contributed by atoms with Crippen molar-refractivity contribution in [2.75, 3.05) is 13.1 Å². The van der Waals surface area contributed by atoms with Gasteiger partial charge in [0.25, 0.3) is 0 Å². The molecule has 1 atom stereocenters. The molecule has 4 heteroatoms. The Bertz CT molecular complexity index is 585. The minimum Gasteiger partial charge on any atom is -0.342 e. The first-order valence-corrected chi connectivity index (χ1v) is 7.40. The first kappa shape index (κ1) is 13.7. The molecule has 2 aromatic rings. The van der Waals surface area contributed by atoms with Gasteiger partial charge >= 0.3 is 0 Å². The molecule has 0 spiro atoms. The second kappa shape index (κ2) is 6.48. The van der Waals surface area contributed by atoms with Crippen molar-refractivity contribution in [1.29, 1.82) is 0 Å². The lowest BCUT2D eigenvalue weighted by Crippen LogP contribution is -2.40. The van der Waals surface area contributed by atoms with Crippen LogP contribution in [-0.4, -0.2) is 33.9 Å². The van der Waals surface area contributed by atoms with E-state index in [0.29, 0.717) is 12.3 Å². The number of nitrogens with zero attached hydrogens (tertiary/aromatic N) is 3. The molecule has 108 valence electrons. The summed E-state index contributed by atoms with van der Waals surface area (Å²) in [5.41, 5.74) is 2.12. The molecule has 3 rings (SSSR count). The van der Waals surface area contributed by atoms with Crippen LogP contribution in [0.5, 0.6) is 0 Å². The molecule has 2 heterocycles. The third-order valence-corrected chi connectivity index (χ3v) is 4.00. The van der Waals surface area contributed by atoms with Gasteiger partial charge in [0.15, 0.2) is 0 Å². The molecule has 1 aromatic carbocycles. The highest BCUT2D eigenvalue weighted by Crippen LogP contribution is 2.25. The van der Waals surface area contributed by atoms with Gasteiger partial charge in [-0.1, -0.05) is 30.3 Å². The molecule has 0 bridgehead atoms. The number of likely N-dealkylation sites (tertiary alicyclic amines) is 1. The summed E-state index contributed by atoms with van der Waals surface area (Å²) in [6.07, 6.45) is 5.96. The van der Waals surface area contributed by atoms with Crippen molar-refractivity contribution in [1.82, 2.24) is 14.9 Å². The van der Waals surface area contributed by atoms with Crippen molar-refractivity contribution in [2.45, 2.75) is 25.2 Å². The molecule has 1 unspecified atom stereocenters. The number of rotatable bonds is 3. The van der Waals surface area contributed by atoms with Crippen molar-refractivity contribution in [3.05, 3.63) is 60.2 Å². The van der Waals surface area contributed by atoms with E-state index in [1.165, 1.54) is 0 Å². The predicted molar refractivity (Wildman–Crippen MR) is 80.7 cm³/mol. The maximum Gasteiger partial charge on any atom is 0.227 e. The van der Waals surface area contributed by atoms with E-state index in [2.05, 4.69) is 9.97 Å². The second-order valence-corrected chi connectivity index (χ2v) is 5.48. The Labute approximate surface area is 124 Å². The van der Waals surface area contributed by atoms with Gasteiger partial charge in [-0.05, 0) is 24.5 Å².